The van der Waals surface area contributed by atoms with Gasteiger partial charge in [-0.05, 0) is 37.2 Å². The minimum atomic E-state index is -0.546. The molecule has 0 radical (unpaired) electrons. The van der Waals surface area contributed by atoms with E-state index >= 15 is 0 Å². The van der Waals surface area contributed by atoms with E-state index < -0.39 is 6.04 Å². The molecule has 1 aromatic carbocycles. The van der Waals surface area contributed by atoms with Crippen molar-refractivity contribution in [3.05, 3.63) is 35.9 Å². The zero-order chi connectivity index (χ0) is 21.0. The second kappa shape index (κ2) is 9.56. The Hall–Kier alpha value is -1.47. The smallest absolute Gasteiger partial charge is 0.329 e. The highest BCUT2D eigenvalue weighted by Crippen LogP contribution is 2.52. The molecule has 3 rings (SSSR count). The molecule has 1 amide bonds. The summed E-state index contributed by atoms with van der Waals surface area (Å²) in [6.07, 6.45) is 3.71. The van der Waals surface area contributed by atoms with Crippen LogP contribution in [0.5, 0.6) is 0 Å². The van der Waals surface area contributed by atoms with E-state index in [9.17, 15) is 14.4 Å². The Bertz CT molecular complexity index is 746. The highest BCUT2D eigenvalue weighted by molar-refractivity contribution is 8.13. The molecule has 1 spiro atoms. The van der Waals surface area contributed by atoms with Crippen LogP contribution in [0.15, 0.2) is 30.3 Å². The Labute approximate surface area is 181 Å². The zero-order valence-corrected chi connectivity index (χ0v) is 18.9. The van der Waals surface area contributed by atoms with Gasteiger partial charge in [-0.3, -0.25) is 9.59 Å². The predicted octanol–water partition coefficient (Wildman–Crippen LogP) is 4.07. The van der Waals surface area contributed by atoms with Crippen molar-refractivity contribution in [3.63, 3.8) is 0 Å². The van der Waals surface area contributed by atoms with Gasteiger partial charge >= 0.3 is 5.97 Å². The van der Waals surface area contributed by atoms with Crippen LogP contribution in [0, 0.1) is 5.92 Å². The Kier molecular flexibility index (Phi) is 7.32. The Morgan fingerprint density at radius 2 is 1.90 bits per heavy atom. The number of nitrogens with zero attached hydrogens (tertiary/aromatic N) is 1. The second-order valence-electron chi connectivity index (χ2n) is 7.89. The monoisotopic (exact) mass is 435 g/mol. The van der Waals surface area contributed by atoms with Crippen LogP contribution in [0.2, 0.25) is 0 Å². The molecule has 2 atom stereocenters. The normalized spacial score (nSPS) is 27.6. The van der Waals surface area contributed by atoms with E-state index in [1.54, 1.807) is 11.8 Å². The topological polar surface area (TPSA) is 63.7 Å². The molecule has 7 heteroatoms. The van der Waals surface area contributed by atoms with Crippen molar-refractivity contribution in [1.82, 2.24) is 4.90 Å². The number of rotatable bonds is 5. The number of methoxy groups -OCH3 is 1. The largest absolute Gasteiger partial charge is 0.467 e. The standard InChI is InChI=1S/C22H29NO4S2/c1-15(13-28-16(2)24)20(25)23-19(21(26)27-3)14-29-22(23)11-9-18(10-12-22)17-7-5-4-6-8-17/h4-8,15,18-19H,9-14H2,1-3H3/t15-,18?,19-,22?/m0/s1. The van der Waals surface area contributed by atoms with Crippen molar-refractivity contribution in [2.24, 2.45) is 5.92 Å². The van der Waals surface area contributed by atoms with Crippen molar-refractivity contribution >= 4 is 40.5 Å². The van der Waals surface area contributed by atoms with Crippen LogP contribution < -0.4 is 0 Å². The highest BCUT2D eigenvalue weighted by atomic mass is 32.2. The van der Waals surface area contributed by atoms with Gasteiger partial charge in [-0.2, -0.15) is 0 Å². The summed E-state index contributed by atoms with van der Waals surface area (Å²) in [6.45, 7) is 3.36. The van der Waals surface area contributed by atoms with Crippen molar-refractivity contribution in [1.29, 1.82) is 0 Å². The average molecular weight is 436 g/mol. The van der Waals surface area contributed by atoms with Gasteiger partial charge in [0.15, 0.2) is 5.12 Å². The lowest BCUT2D eigenvalue weighted by Gasteiger charge is -2.45. The van der Waals surface area contributed by atoms with E-state index in [1.165, 1.54) is 31.4 Å². The van der Waals surface area contributed by atoms with E-state index in [0.29, 0.717) is 17.4 Å². The molecule has 0 aromatic heterocycles. The molecule has 0 N–H and O–H groups in total. The molecule has 5 nitrogen and oxygen atoms in total. The molecule has 0 unspecified atom stereocenters. The lowest BCUT2D eigenvalue weighted by atomic mass is 9.80. The summed E-state index contributed by atoms with van der Waals surface area (Å²) in [6, 6.07) is 9.97. The van der Waals surface area contributed by atoms with Crippen LogP contribution >= 0.6 is 23.5 Å². The fourth-order valence-electron chi connectivity index (χ4n) is 4.39. The van der Waals surface area contributed by atoms with Gasteiger partial charge < -0.3 is 9.64 Å². The number of esters is 1. The van der Waals surface area contributed by atoms with Crippen molar-refractivity contribution in [2.45, 2.75) is 56.4 Å². The number of ether oxygens (including phenoxy) is 1. The quantitative estimate of drug-likeness (QED) is 0.650. The minimum Gasteiger partial charge on any atom is -0.467 e. The molecule has 0 bridgehead atoms. The lowest BCUT2D eigenvalue weighted by molar-refractivity contribution is -0.155. The first kappa shape index (κ1) is 22.2. The number of hydrogen-bond acceptors (Lipinski definition) is 6. The summed E-state index contributed by atoms with van der Waals surface area (Å²) >= 11 is 2.89. The van der Waals surface area contributed by atoms with Crippen molar-refractivity contribution in [2.75, 3.05) is 18.6 Å². The summed E-state index contributed by atoms with van der Waals surface area (Å²) in [5.74, 6) is 0.782. The predicted molar refractivity (Wildman–Crippen MR) is 118 cm³/mol. The maximum atomic E-state index is 13.4. The molecular weight excluding hydrogens is 406 g/mol. The van der Waals surface area contributed by atoms with Gasteiger partial charge in [0, 0.05) is 24.3 Å². The summed E-state index contributed by atoms with van der Waals surface area (Å²) in [5, 5.41) is 0.00282. The molecule has 1 aliphatic heterocycles. The van der Waals surface area contributed by atoms with Crippen LogP contribution in [-0.2, 0) is 19.1 Å². The first-order valence-electron chi connectivity index (χ1n) is 10.1. The fraction of sp³-hybridized carbons (Fsp3) is 0.591. The minimum absolute atomic E-state index is 0.00282. The number of amides is 1. The Morgan fingerprint density at radius 1 is 1.24 bits per heavy atom. The summed E-state index contributed by atoms with van der Waals surface area (Å²) in [4.78, 5) is 38.6. The molecule has 1 saturated heterocycles. The highest BCUT2D eigenvalue weighted by Gasteiger charge is 2.54. The van der Waals surface area contributed by atoms with Gasteiger partial charge in [0.2, 0.25) is 5.91 Å². The van der Waals surface area contributed by atoms with Gasteiger partial charge in [-0.25, -0.2) is 4.79 Å². The summed E-state index contributed by atoms with van der Waals surface area (Å²) < 4.78 is 5.01. The SMILES string of the molecule is COC(=O)[C@@H]1CSC2(CCC(c3ccccc3)CC2)N1C(=O)[C@@H](C)CSC(C)=O. The molecule has 29 heavy (non-hydrogen) atoms. The average Bonchev–Trinajstić information content (AvgIpc) is 3.10. The third kappa shape index (κ3) is 4.82. The molecule has 158 valence electrons. The Balaban J connectivity index is 1.78. The van der Waals surface area contributed by atoms with Crippen LogP contribution in [-0.4, -0.2) is 51.4 Å². The third-order valence-corrected chi connectivity index (χ3v) is 8.67. The zero-order valence-electron chi connectivity index (χ0n) is 17.3. The van der Waals surface area contributed by atoms with Crippen molar-refractivity contribution < 1.29 is 19.1 Å². The molecule has 1 heterocycles. The molecule has 2 fully saturated rings. The lowest BCUT2D eigenvalue weighted by Crippen LogP contribution is -2.55. The van der Waals surface area contributed by atoms with Crippen LogP contribution in [0.25, 0.3) is 0 Å². The first-order chi connectivity index (χ1) is 13.9. The van der Waals surface area contributed by atoms with Crippen LogP contribution in [0.1, 0.15) is 51.0 Å². The van der Waals surface area contributed by atoms with Crippen LogP contribution in [0.3, 0.4) is 0 Å². The van der Waals surface area contributed by atoms with Gasteiger partial charge in [-0.1, -0.05) is 49.0 Å². The molecule has 1 aliphatic carbocycles. The van der Waals surface area contributed by atoms with E-state index in [2.05, 4.69) is 24.3 Å². The molecule has 1 saturated carbocycles. The fourth-order valence-corrected chi connectivity index (χ4v) is 6.65. The van der Waals surface area contributed by atoms with Gasteiger partial charge in [0.1, 0.15) is 6.04 Å². The molecule has 2 aliphatic rings. The maximum Gasteiger partial charge on any atom is 0.329 e. The molecule has 1 aromatic rings. The van der Waals surface area contributed by atoms with E-state index in [-0.39, 0.29) is 27.8 Å². The van der Waals surface area contributed by atoms with Gasteiger partial charge in [0.25, 0.3) is 0 Å². The number of benzene rings is 1. The number of carbonyl (C=O) groups is 3. The van der Waals surface area contributed by atoms with Crippen molar-refractivity contribution in [3.8, 4) is 0 Å². The van der Waals surface area contributed by atoms with Crippen LogP contribution in [0.4, 0.5) is 0 Å². The second-order valence-corrected chi connectivity index (χ2v) is 10.5. The molecular formula is C22H29NO4S2. The first-order valence-corrected chi connectivity index (χ1v) is 12.1. The Morgan fingerprint density at radius 3 is 2.48 bits per heavy atom. The van der Waals surface area contributed by atoms with E-state index in [1.807, 2.05) is 17.9 Å². The maximum absolute atomic E-state index is 13.4. The van der Waals surface area contributed by atoms with E-state index in [4.69, 9.17) is 4.74 Å². The van der Waals surface area contributed by atoms with Gasteiger partial charge in [-0.15, -0.1) is 11.8 Å². The number of carbonyl (C=O) groups excluding carboxylic acids is 3. The third-order valence-electron chi connectivity index (χ3n) is 5.97. The number of hydrogen-bond donors (Lipinski definition) is 0. The summed E-state index contributed by atoms with van der Waals surface area (Å²) in [7, 11) is 1.38. The number of thioether (sulfide) groups is 2. The van der Waals surface area contributed by atoms with Gasteiger partial charge in [0.05, 0.1) is 12.0 Å². The summed E-state index contributed by atoms with van der Waals surface area (Å²) in [5.41, 5.74) is 1.35. The van der Waals surface area contributed by atoms with E-state index in [0.717, 1.165) is 25.7 Å².